The van der Waals surface area contributed by atoms with Crippen molar-refractivity contribution in [1.82, 2.24) is 10.2 Å². The highest BCUT2D eigenvalue weighted by Gasteiger charge is 2.34. The molecule has 9 nitrogen and oxygen atoms in total. The normalized spacial score (nSPS) is 11.3. The number of benzene rings is 4. The molecule has 0 heterocycles. The van der Waals surface area contributed by atoms with Crippen LogP contribution in [0.25, 0.3) is 11.1 Å². The lowest BCUT2D eigenvalue weighted by molar-refractivity contribution is -0.151. The van der Waals surface area contributed by atoms with Gasteiger partial charge in [0.05, 0.1) is 12.8 Å². The van der Waals surface area contributed by atoms with Crippen LogP contribution in [0.3, 0.4) is 0 Å². The van der Waals surface area contributed by atoms with Gasteiger partial charge >= 0.3 is 0 Å². The van der Waals surface area contributed by atoms with Gasteiger partial charge in [-0.1, -0.05) is 97.1 Å². The van der Waals surface area contributed by atoms with Crippen molar-refractivity contribution < 1.29 is 19.5 Å². The van der Waals surface area contributed by atoms with Crippen LogP contribution in [0.15, 0.2) is 114 Å². The highest BCUT2D eigenvalue weighted by molar-refractivity contribution is 6.01. The van der Waals surface area contributed by atoms with Crippen LogP contribution in [0.1, 0.15) is 29.5 Å². The average molecular weight is 592 g/mol. The van der Waals surface area contributed by atoms with Crippen LogP contribution in [0.5, 0.6) is 5.75 Å². The lowest BCUT2D eigenvalue weighted by Gasteiger charge is -2.30. The van der Waals surface area contributed by atoms with Crippen molar-refractivity contribution in [3.63, 3.8) is 0 Å². The standard InChI is InChI=1S/C35H37N5O4/c36-35(37)38-21-7-12-31(34(44)39-24-27-13-15-28(16-14-27)29-17-19-30(41)20-18-29)40(32(42)22-25-8-3-1-4-9-25)33(43)23-26-10-5-2-6-11-26/h1-6,8-11,13-20,31,41H,7,12,21-24H2,(H,39,44)(H4,36,37,38). The summed E-state index contributed by atoms with van der Waals surface area (Å²) in [5, 5.41) is 12.5. The Kier molecular flexibility index (Phi) is 11.2. The number of imide groups is 1. The van der Waals surface area contributed by atoms with Gasteiger partial charge in [-0.05, 0) is 52.8 Å². The number of carbonyl (C=O) groups excluding carboxylic acids is 3. The van der Waals surface area contributed by atoms with Crippen LogP contribution in [0.4, 0.5) is 0 Å². The molecule has 4 rings (SSSR count). The van der Waals surface area contributed by atoms with Crippen molar-refractivity contribution in [2.24, 2.45) is 16.5 Å². The number of hydrogen-bond acceptors (Lipinski definition) is 5. The molecule has 3 amide bonds. The van der Waals surface area contributed by atoms with Gasteiger partial charge in [0.2, 0.25) is 17.7 Å². The van der Waals surface area contributed by atoms with Gasteiger partial charge in [-0.2, -0.15) is 0 Å². The largest absolute Gasteiger partial charge is 0.508 e. The predicted molar refractivity (Wildman–Crippen MR) is 171 cm³/mol. The maximum atomic E-state index is 13.8. The molecule has 0 bridgehead atoms. The molecule has 4 aromatic rings. The average Bonchev–Trinajstić information content (AvgIpc) is 3.02. The Labute approximate surface area is 257 Å². The Hall–Kier alpha value is -5.44. The summed E-state index contributed by atoms with van der Waals surface area (Å²) >= 11 is 0. The maximum Gasteiger partial charge on any atom is 0.243 e. The third-order valence-corrected chi connectivity index (χ3v) is 7.10. The SMILES string of the molecule is NC(N)=NCCCC(C(=O)NCc1ccc(-c2ccc(O)cc2)cc1)N(C(=O)Cc1ccccc1)C(=O)Cc1ccccc1. The summed E-state index contributed by atoms with van der Waals surface area (Å²) in [4.78, 5) is 46.4. The van der Waals surface area contributed by atoms with Crippen molar-refractivity contribution in [2.45, 2.75) is 38.3 Å². The number of rotatable bonds is 13. The first-order valence-electron chi connectivity index (χ1n) is 14.4. The third-order valence-electron chi connectivity index (χ3n) is 7.10. The van der Waals surface area contributed by atoms with E-state index in [2.05, 4.69) is 10.3 Å². The van der Waals surface area contributed by atoms with Crippen molar-refractivity contribution >= 4 is 23.7 Å². The van der Waals surface area contributed by atoms with E-state index in [0.717, 1.165) is 32.7 Å². The molecule has 0 radical (unpaired) electrons. The summed E-state index contributed by atoms with van der Waals surface area (Å²) in [6, 6.07) is 31.7. The van der Waals surface area contributed by atoms with Crippen LogP contribution >= 0.6 is 0 Å². The van der Waals surface area contributed by atoms with E-state index < -0.39 is 23.8 Å². The van der Waals surface area contributed by atoms with Gasteiger partial charge in [0.25, 0.3) is 0 Å². The second-order valence-corrected chi connectivity index (χ2v) is 10.4. The molecule has 226 valence electrons. The fourth-order valence-electron chi connectivity index (χ4n) is 4.84. The molecule has 0 saturated heterocycles. The molecule has 0 aliphatic heterocycles. The molecule has 0 fully saturated rings. The van der Waals surface area contributed by atoms with Crippen LogP contribution < -0.4 is 16.8 Å². The number of aliphatic imine (C=N–C) groups is 1. The molecule has 6 N–H and O–H groups in total. The van der Waals surface area contributed by atoms with E-state index in [9.17, 15) is 19.5 Å². The monoisotopic (exact) mass is 591 g/mol. The van der Waals surface area contributed by atoms with Gasteiger partial charge in [-0.3, -0.25) is 24.3 Å². The lowest BCUT2D eigenvalue weighted by Crippen LogP contribution is -2.53. The van der Waals surface area contributed by atoms with E-state index in [0.29, 0.717) is 6.42 Å². The number of aromatic hydroxyl groups is 1. The molecule has 1 atom stereocenters. The number of amides is 3. The zero-order valence-electron chi connectivity index (χ0n) is 24.4. The third kappa shape index (κ3) is 9.29. The summed E-state index contributed by atoms with van der Waals surface area (Å²) in [5.41, 5.74) is 15.2. The maximum absolute atomic E-state index is 13.8. The first-order chi connectivity index (χ1) is 21.3. The van der Waals surface area contributed by atoms with Crippen LogP contribution in [-0.2, 0) is 33.8 Å². The molecular formula is C35H37N5O4. The molecule has 0 aromatic heterocycles. The van der Waals surface area contributed by atoms with Crippen LogP contribution in [-0.4, -0.2) is 46.3 Å². The number of nitrogens with zero attached hydrogens (tertiary/aromatic N) is 2. The molecule has 1 unspecified atom stereocenters. The highest BCUT2D eigenvalue weighted by atomic mass is 16.3. The van der Waals surface area contributed by atoms with Crippen molar-refractivity contribution in [3.8, 4) is 16.9 Å². The number of nitrogens with one attached hydrogen (secondary N) is 1. The van der Waals surface area contributed by atoms with Gasteiger partial charge < -0.3 is 21.9 Å². The minimum Gasteiger partial charge on any atom is -0.508 e. The van der Waals surface area contributed by atoms with E-state index in [1.165, 1.54) is 0 Å². The van der Waals surface area contributed by atoms with Gasteiger partial charge in [0.15, 0.2) is 5.96 Å². The highest BCUT2D eigenvalue weighted by Crippen LogP contribution is 2.22. The van der Waals surface area contributed by atoms with Crippen molar-refractivity contribution in [2.75, 3.05) is 6.54 Å². The van der Waals surface area contributed by atoms with Crippen molar-refractivity contribution in [1.29, 1.82) is 0 Å². The molecule has 44 heavy (non-hydrogen) atoms. The number of guanidine groups is 1. The Morgan fingerprint density at radius 1 is 0.705 bits per heavy atom. The quantitative estimate of drug-likeness (QED) is 0.105. The Morgan fingerprint density at radius 2 is 1.20 bits per heavy atom. The molecule has 4 aromatic carbocycles. The molecule has 0 spiro atoms. The van der Waals surface area contributed by atoms with E-state index in [4.69, 9.17) is 11.5 Å². The first-order valence-corrected chi connectivity index (χ1v) is 14.4. The zero-order chi connectivity index (χ0) is 31.3. The smallest absolute Gasteiger partial charge is 0.243 e. The first kappa shape index (κ1) is 31.5. The molecule has 0 aliphatic carbocycles. The number of nitrogens with two attached hydrogens (primary N) is 2. The number of carbonyl (C=O) groups is 3. The number of hydrogen-bond donors (Lipinski definition) is 4. The fourth-order valence-corrected chi connectivity index (χ4v) is 4.84. The van der Waals surface area contributed by atoms with E-state index in [1.807, 2.05) is 97.1 Å². The van der Waals surface area contributed by atoms with E-state index in [-0.39, 0.29) is 44.1 Å². The summed E-state index contributed by atoms with van der Waals surface area (Å²) in [5.74, 6) is -1.24. The van der Waals surface area contributed by atoms with Gasteiger partial charge in [0.1, 0.15) is 11.8 Å². The van der Waals surface area contributed by atoms with Gasteiger partial charge in [0, 0.05) is 13.1 Å². The molecule has 0 saturated carbocycles. The lowest BCUT2D eigenvalue weighted by atomic mass is 10.0. The van der Waals surface area contributed by atoms with Crippen LogP contribution in [0.2, 0.25) is 0 Å². The summed E-state index contributed by atoms with van der Waals surface area (Å²) < 4.78 is 0. The Balaban J connectivity index is 1.55. The Bertz CT molecular complexity index is 1500. The van der Waals surface area contributed by atoms with Gasteiger partial charge in [-0.15, -0.1) is 0 Å². The number of phenols is 1. The molecule has 9 heteroatoms. The topological polar surface area (TPSA) is 151 Å². The Morgan fingerprint density at radius 3 is 1.70 bits per heavy atom. The summed E-state index contributed by atoms with van der Waals surface area (Å²) in [6.07, 6.45) is 0.504. The molecular weight excluding hydrogens is 554 g/mol. The minimum atomic E-state index is -1.06. The minimum absolute atomic E-state index is 0.0300. The van der Waals surface area contributed by atoms with Gasteiger partial charge in [-0.25, -0.2) is 0 Å². The summed E-state index contributed by atoms with van der Waals surface area (Å²) in [6.45, 7) is 0.450. The van der Waals surface area contributed by atoms with E-state index in [1.54, 1.807) is 12.1 Å². The second-order valence-electron chi connectivity index (χ2n) is 10.4. The fraction of sp³-hybridized carbons (Fsp3) is 0.200. The predicted octanol–water partition coefficient (Wildman–Crippen LogP) is 3.94. The zero-order valence-corrected chi connectivity index (χ0v) is 24.4. The van der Waals surface area contributed by atoms with E-state index >= 15 is 0 Å². The van der Waals surface area contributed by atoms with Crippen LogP contribution in [0, 0.1) is 0 Å². The number of phenolic OH excluding ortho intramolecular Hbond substituents is 1. The summed E-state index contributed by atoms with van der Waals surface area (Å²) in [7, 11) is 0. The molecule has 0 aliphatic rings. The second kappa shape index (κ2) is 15.7. The van der Waals surface area contributed by atoms with Crippen molar-refractivity contribution in [3.05, 3.63) is 126 Å².